The molecule has 4 aromatic heterocycles. The van der Waals surface area contributed by atoms with Crippen LogP contribution in [0, 0.1) is 0 Å². The number of fused-ring (bicyclic) bond motifs is 9. The maximum Gasteiger partial charge on any atom is 0.166 e. The van der Waals surface area contributed by atoms with E-state index < -0.39 is 0 Å². The van der Waals surface area contributed by atoms with Crippen LogP contribution in [0.4, 0.5) is 0 Å². The average molecular weight is 828 g/mol. The van der Waals surface area contributed by atoms with Gasteiger partial charge in [-0.05, 0) is 60.6 Å². The van der Waals surface area contributed by atoms with Gasteiger partial charge < -0.3 is 9.13 Å². The van der Waals surface area contributed by atoms with Gasteiger partial charge in [0.15, 0.2) is 17.5 Å². The maximum atomic E-state index is 9.69. The van der Waals surface area contributed by atoms with Crippen molar-refractivity contribution in [2.75, 3.05) is 0 Å². The Morgan fingerprint density at radius 3 is 1.71 bits per heavy atom. The zero-order valence-electron chi connectivity index (χ0n) is 39.4. The normalized spacial score (nSPS) is 13.1. The van der Waals surface area contributed by atoms with Crippen LogP contribution in [0.2, 0.25) is 0 Å². The number of rotatable bonds is 6. The SMILES string of the molecule is [2H]c1cc([2H])c2sc3c(-c4cccc(-c5nc(-c6ccccc6)nc(-c6ccc7c(c6)c6ccccc6n7-c6ccccc6)n5)c4-n4c5ccccc5c5ccccc54)c([2H])c([2H])c([2H])c3c2c1[2H]. The number of hydrogen-bond acceptors (Lipinski definition) is 4. The van der Waals surface area contributed by atoms with Crippen LogP contribution < -0.4 is 0 Å². The van der Waals surface area contributed by atoms with Gasteiger partial charge in [0, 0.05) is 75.2 Å². The molecule has 13 aromatic rings. The van der Waals surface area contributed by atoms with Crippen LogP contribution in [0.1, 0.15) is 8.22 Å². The van der Waals surface area contributed by atoms with Crippen LogP contribution in [-0.4, -0.2) is 24.1 Å². The molecule has 0 unspecified atom stereocenters. The van der Waals surface area contributed by atoms with Crippen LogP contribution in [0.3, 0.4) is 0 Å². The Bertz CT molecular complexity index is 4220. The molecule has 0 saturated heterocycles. The lowest BCUT2D eigenvalue weighted by atomic mass is 9.97. The minimum Gasteiger partial charge on any atom is -0.309 e. The molecule has 63 heavy (non-hydrogen) atoms. The highest BCUT2D eigenvalue weighted by molar-refractivity contribution is 7.26. The van der Waals surface area contributed by atoms with Gasteiger partial charge in [0.05, 0.1) is 36.0 Å². The summed E-state index contributed by atoms with van der Waals surface area (Å²) in [6, 6.07) is 57.6. The van der Waals surface area contributed by atoms with E-state index in [1.54, 1.807) is 0 Å². The van der Waals surface area contributed by atoms with Crippen LogP contribution in [0.25, 0.3) is 120 Å². The van der Waals surface area contributed by atoms with Gasteiger partial charge in [-0.15, -0.1) is 11.3 Å². The molecule has 0 saturated carbocycles. The van der Waals surface area contributed by atoms with Crippen LogP contribution in [0.15, 0.2) is 212 Å². The predicted octanol–water partition coefficient (Wildman–Crippen LogP) is 15.1. The molecule has 0 radical (unpaired) electrons. The minimum atomic E-state index is -0.310. The number of aromatic nitrogens is 5. The molecule has 4 heterocycles. The monoisotopic (exact) mass is 827 g/mol. The van der Waals surface area contributed by atoms with Crippen molar-refractivity contribution >= 4 is 75.1 Å². The number of benzene rings is 9. The lowest BCUT2D eigenvalue weighted by molar-refractivity contribution is 1.07. The van der Waals surface area contributed by atoms with Crippen molar-refractivity contribution in [2.24, 2.45) is 0 Å². The second-order valence-electron chi connectivity index (χ2n) is 15.5. The highest BCUT2D eigenvalue weighted by Crippen LogP contribution is 2.46. The fourth-order valence-electron chi connectivity index (χ4n) is 9.20. The van der Waals surface area contributed by atoms with Crippen LogP contribution in [0.5, 0.6) is 0 Å². The summed E-state index contributed by atoms with van der Waals surface area (Å²) in [7, 11) is 0. The zero-order chi connectivity index (χ0) is 46.7. The summed E-state index contributed by atoms with van der Waals surface area (Å²) in [5.41, 5.74) is 8.82. The van der Waals surface area contributed by atoms with E-state index >= 15 is 0 Å². The molecule has 294 valence electrons. The predicted molar refractivity (Wildman–Crippen MR) is 263 cm³/mol. The maximum absolute atomic E-state index is 9.69. The van der Waals surface area contributed by atoms with E-state index in [0.29, 0.717) is 49.3 Å². The first-order valence-corrected chi connectivity index (χ1v) is 21.5. The number of para-hydroxylation sites is 5. The molecule has 0 spiro atoms. The number of thiophene rings is 1. The molecule has 0 amide bonds. The van der Waals surface area contributed by atoms with Crippen LogP contribution in [-0.2, 0) is 0 Å². The summed E-state index contributed by atoms with van der Waals surface area (Å²) < 4.78 is 60.0. The van der Waals surface area contributed by atoms with Crippen molar-refractivity contribution in [1.82, 2.24) is 24.1 Å². The van der Waals surface area contributed by atoms with E-state index in [0.717, 1.165) is 60.4 Å². The quantitative estimate of drug-likeness (QED) is 0.168. The van der Waals surface area contributed by atoms with Crippen molar-refractivity contribution in [3.05, 3.63) is 212 Å². The Morgan fingerprint density at radius 1 is 0.381 bits per heavy atom. The molecular weight excluding hydrogens is 787 g/mol. The van der Waals surface area contributed by atoms with E-state index in [-0.39, 0.29) is 47.0 Å². The summed E-state index contributed by atoms with van der Waals surface area (Å²) in [5.74, 6) is 1.32. The van der Waals surface area contributed by atoms with Gasteiger partial charge in [0.2, 0.25) is 0 Å². The van der Waals surface area contributed by atoms with E-state index in [2.05, 4.69) is 88.0 Å². The summed E-state index contributed by atoms with van der Waals surface area (Å²) in [4.78, 5) is 15.8. The lowest BCUT2D eigenvalue weighted by Gasteiger charge is -2.19. The Hall–Kier alpha value is -8.19. The summed E-state index contributed by atoms with van der Waals surface area (Å²) in [5, 5.41) is 4.73. The molecule has 0 fully saturated rings. The molecule has 6 heteroatoms. The molecule has 0 N–H and O–H groups in total. The van der Waals surface area contributed by atoms with Crippen molar-refractivity contribution in [3.63, 3.8) is 0 Å². The number of hydrogen-bond donors (Lipinski definition) is 0. The standard InChI is InChI=1S/C57H35N5S/c1-3-17-36(18-4-1)55-58-56(37-33-34-51-47(35-37)41-23-9-11-29-48(41)61(51)38-19-5-2-6-20-38)60-57(59-55)46-28-15-25-43(45-27-16-26-44-42-24-10-14-32-52(42)63-54(44)45)53(46)62-49-30-12-7-21-39(49)40-22-8-13-31-50(40)62/h1-35H/i10D,16D,24D,26D,27D,32D. The van der Waals surface area contributed by atoms with Gasteiger partial charge in [-0.2, -0.15) is 0 Å². The van der Waals surface area contributed by atoms with Crippen molar-refractivity contribution in [2.45, 2.75) is 0 Å². The Morgan fingerprint density at radius 2 is 0.968 bits per heavy atom. The molecule has 13 rings (SSSR count). The Labute approximate surface area is 374 Å². The van der Waals surface area contributed by atoms with Gasteiger partial charge >= 0.3 is 0 Å². The fourth-order valence-corrected chi connectivity index (χ4v) is 10.3. The van der Waals surface area contributed by atoms with Crippen molar-refractivity contribution in [1.29, 1.82) is 0 Å². The molecule has 5 nitrogen and oxygen atoms in total. The molecule has 9 aromatic carbocycles. The first-order valence-electron chi connectivity index (χ1n) is 23.7. The first-order chi connectivity index (χ1) is 33.7. The second kappa shape index (κ2) is 14.2. The summed E-state index contributed by atoms with van der Waals surface area (Å²) in [6.07, 6.45) is 0. The molecule has 0 bridgehead atoms. The molecule has 0 aliphatic rings. The lowest BCUT2D eigenvalue weighted by Crippen LogP contribution is -2.05. The third-order valence-electron chi connectivity index (χ3n) is 11.9. The largest absolute Gasteiger partial charge is 0.309 e. The zero-order valence-corrected chi connectivity index (χ0v) is 34.2. The third-order valence-corrected chi connectivity index (χ3v) is 13.1. The highest BCUT2D eigenvalue weighted by Gasteiger charge is 2.24. The molecule has 0 aliphatic heterocycles. The molecule has 0 aliphatic carbocycles. The van der Waals surface area contributed by atoms with Gasteiger partial charge in [-0.1, -0.05) is 152 Å². The molecular formula is C57H35N5S. The second-order valence-corrected chi connectivity index (χ2v) is 16.5. The topological polar surface area (TPSA) is 48.5 Å². The van der Waals surface area contributed by atoms with Gasteiger partial charge in [0.25, 0.3) is 0 Å². The fraction of sp³-hybridized carbons (Fsp3) is 0. The Kier molecular flexibility index (Phi) is 6.75. The smallest absolute Gasteiger partial charge is 0.166 e. The highest BCUT2D eigenvalue weighted by atomic mass is 32.1. The number of nitrogens with zero attached hydrogens (tertiary/aromatic N) is 5. The van der Waals surface area contributed by atoms with E-state index in [9.17, 15) is 4.11 Å². The van der Waals surface area contributed by atoms with Crippen molar-refractivity contribution in [3.8, 4) is 56.7 Å². The Balaban J connectivity index is 1.14. The van der Waals surface area contributed by atoms with Gasteiger partial charge in [-0.25, -0.2) is 15.0 Å². The van der Waals surface area contributed by atoms with E-state index in [1.165, 1.54) is 17.4 Å². The van der Waals surface area contributed by atoms with E-state index in [4.69, 9.17) is 19.1 Å². The average Bonchev–Trinajstić information content (AvgIpc) is 4.06. The first kappa shape index (κ1) is 29.9. The third kappa shape index (κ3) is 5.59. The minimum absolute atomic E-state index is 0.0564. The summed E-state index contributed by atoms with van der Waals surface area (Å²) >= 11 is 1.22. The van der Waals surface area contributed by atoms with Gasteiger partial charge in [-0.3, -0.25) is 0 Å². The molecule has 0 atom stereocenters. The van der Waals surface area contributed by atoms with E-state index in [1.807, 2.05) is 91.0 Å². The summed E-state index contributed by atoms with van der Waals surface area (Å²) in [6.45, 7) is 0. The van der Waals surface area contributed by atoms with Crippen molar-refractivity contribution < 1.29 is 8.22 Å². The van der Waals surface area contributed by atoms with Gasteiger partial charge in [0.1, 0.15) is 0 Å². The van der Waals surface area contributed by atoms with Crippen LogP contribution >= 0.6 is 11.3 Å².